The molecule has 0 aromatic heterocycles. The molecule has 3 nitrogen and oxygen atoms in total. The highest BCUT2D eigenvalue weighted by molar-refractivity contribution is 5.71. The maximum atomic E-state index is 12.4. The molecule has 1 fully saturated rings. The molecule has 0 amide bonds. The highest BCUT2D eigenvalue weighted by Crippen LogP contribution is 2.29. The third-order valence-electron chi connectivity index (χ3n) is 3.74. The van der Waals surface area contributed by atoms with Crippen molar-refractivity contribution in [3.63, 3.8) is 0 Å². The Balaban J connectivity index is 2.37. The van der Waals surface area contributed by atoms with Crippen LogP contribution in [-0.4, -0.2) is 30.3 Å². The van der Waals surface area contributed by atoms with E-state index in [0.29, 0.717) is 18.4 Å². The van der Waals surface area contributed by atoms with Crippen LogP contribution in [0.3, 0.4) is 0 Å². The first kappa shape index (κ1) is 15.3. The molecule has 1 aliphatic rings. The minimum atomic E-state index is -4.68. The normalized spacial score (nSPS) is 26.9. The van der Waals surface area contributed by atoms with Gasteiger partial charge < -0.3 is 10.4 Å². The number of carbonyl (C=O) groups is 1. The molecule has 1 rings (SSSR count). The quantitative estimate of drug-likeness (QED) is 0.805. The molecule has 3 unspecified atom stereocenters. The van der Waals surface area contributed by atoms with Gasteiger partial charge in [0.1, 0.15) is 0 Å². The van der Waals surface area contributed by atoms with Gasteiger partial charge in [0.25, 0.3) is 0 Å². The molecule has 0 heterocycles. The van der Waals surface area contributed by atoms with Gasteiger partial charge in [0.15, 0.2) is 5.92 Å². The monoisotopic (exact) mass is 267 g/mol. The Kier molecular flexibility index (Phi) is 5.44. The number of rotatable bonds is 5. The summed E-state index contributed by atoms with van der Waals surface area (Å²) in [6.07, 6.45) is -0.279. The van der Waals surface area contributed by atoms with Crippen LogP contribution in [0.25, 0.3) is 0 Å². The molecule has 0 aromatic rings. The highest BCUT2D eigenvalue weighted by atomic mass is 19.4. The van der Waals surface area contributed by atoms with Crippen molar-refractivity contribution in [2.45, 2.75) is 38.8 Å². The second-order valence-corrected chi connectivity index (χ2v) is 5.11. The van der Waals surface area contributed by atoms with Crippen molar-refractivity contribution < 1.29 is 23.1 Å². The van der Waals surface area contributed by atoms with E-state index in [1.807, 2.05) is 0 Å². The molecule has 3 atom stereocenters. The maximum Gasteiger partial charge on any atom is 0.403 e. The molecule has 6 heteroatoms. The van der Waals surface area contributed by atoms with Crippen LogP contribution >= 0.6 is 0 Å². The zero-order valence-electron chi connectivity index (χ0n) is 10.5. The third kappa shape index (κ3) is 4.48. The third-order valence-corrected chi connectivity index (χ3v) is 3.74. The van der Waals surface area contributed by atoms with Gasteiger partial charge in [0.2, 0.25) is 0 Å². The average molecular weight is 267 g/mol. The molecule has 1 aliphatic carbocycles. The molecule has 2 N–H and O–H groups in total. The van der Waals surface area contributed by atoms with Crippen LogP contribution < -0.4 is 5.32 Å². The summed E-state index contributed by atoms with van der Waals surface area (Å²) in [4.78, 5) is 10.5. The Hall–Kier alpha value is -0.780. The van der Waals surface area contributed by atoms with Crippen molar-refractivity contribution in [3.8, 4) is 0 Å². The smallest absolute Gasteiger partial charge is 0.403 e. The predicted molar refractivity (Wildman–Crippen MR) is 61.2 cm³/mol. The highest BCUT2D eigenvalue weighted by Gasteiger charge is 2.44. The number of alkyl halides is 3. The molecular formula is C12H20F3NO2. The molecule has 106 valence electrons. The second-order valence-electron chi connectivity index (χ2n) is 5.11. The summed E-state index contributed by atoms with van der Waals surface area (Å²) in [5.41, 5.74) is 0. The standard InChI is InChI=1S/C12H20F3NO2/c1-8-4-2-3-5-9(8)6-16-7-10(11(17)18)12(13,14)15/h8-10,16H,2-7H2,1H3,(H,17,18). The molecular weight excluding hydrogens is 247 g/mol. The van der Waals surface area contributed by atoms with Crippen LogP contribution in [0, 0.1) is 17.8 Å². The number of carboxylic acids is 1. The van der Waals surface area contributed by atoms with E-state index < -0.39 is 24.6 Å². The Morgan fingerprint density at radius 1 is 1.39 bits per heavy atom. The van der Waals surface area contributed by atoms with Crippen LogP contribution in [0.5, 0.6) is 0 Å². The lowest BCUT2D eigenvalue weighted by molar-refractivity contribution is -0.192. The van der Waals surface area contributed by atoms with Crippen molar-refractivity contribution in [1.29, 1.82) is 0 Å². The van der Waals surface area contributed by atoms with E-state index in [2.05, 4.69) is 12.2 Å². The van der Waals surface area contributed by atoms with Crippen LogP contribution in [-0.2, 0) is 4.79 Å². The van der Waals surface area contributed by atoms with E-state index in [-0.39, 0.29) is 0 Å². The largest absolute Gasteiger partial charge is 0.481 e. The van der Waals surface area contributed by atoms with E-state index in [1.54, 1.807) is 0 Å². The van der Waals surface area contributed by atoms with Gasteiger partial charge in [-0.1, -0.05) is 26.2 Å². The summed E-state index contributed by atoms with van der Waals surface area (Å²) in [7, 11) is 0. The van der Waals surface area contributed by atoms with Gasteiger partial charge in [-0.25, -0.2) is 0 Å². The zero-order chi connectivity index (χ0) is 13.8. The fourth-order valence-electron chi connectivity index (χ4n) is 2.45. The van der Waals surface area contributed by atoms with Crippen LogP contribution in [0.1, 0.15) is 32.6 Å². The van der Waals surface area contributed by atoms with Gasteiger partial charge in [-0.2, -0.15) is 13.2 Å². The van der Waals surface area contributed by atoms with E-state index in [1.165, 1.54) is 6.42 Å². The Morgan fingerprint density at radius 2 is 2.00 bits per heavy atom. The van der Waals surface area contributed by atoms with Crippen molar-refractivity contribution in [1.82, 2.24) is 5.32 Å². The first-order chi connectivity index (χ1) is 8.32. The number of hydrogen-bond donors (Lipinski definition) is 2. The molecule has 0 aliphatic heterocycles. The van der Waals surface area contributed by atoms with E-state index >= 15 is 0 Å². The van der Waals surface area contributed by atoms with Gasteiger partial charge in [-0.3, -0.25) is 4.79 Å². The fourth-order valence-corrected chi connectivity index (χ4v) is 2.45. The summed E-state index contributed by atoms with van der Waals surface area (Å²) in [6.45, 7) is 2.03. The summed E-state index contributed by atoms with van der Waals surface area (Å²) in [5.74, 6) is -3.26. The number of hydrogen-bond acceptors (Lipinski definition) is 2. The number of aliphatic carboxylic acids is 1. The Bertz CT molecular complexity index is 281. The fraction of sp³-hybridized carbons (Fsp3) is 0.917. The number of halogens is 3. The van der Waals surface area contributed by atoms with Gasteiger partial charge in [0, 0.05) is 6.54 Å². The van der Waals surface area contributed by atoms with Crippen LogP contribution in [0.4, 0.5) is 13.2 Å². The lowest BCUT2D eigenvalue weighted by Crippen LogP contribution is -2.41. The summed E-state index contributed by atoms with van der Waals surface area (Å²) in [6, 6.07) is 0. The minimum Gasteiger partial charge on any atom is -0.481 e. The van der Waals surface area contributed by atoms with Gasteiger partial charge >= 0.3 is 12.1 Å². The van der Waals surface area contributed by atoms with E-state index in [4.69, 9.17) is 5.11 Å². The molecule has 0 spiro atoms. The van der Waals surface area contributed by atoms with Crippen molar-refractivity contribution >= 4 is 5.97 Å². The number of carboxylic acid groups (broad SMARTS) is 1. The summed E-state index contributed by atoms with van der Waals surface area (Å²) < 4.78 is 37.2. The maximum absolute atomic E-state index is 12.4. The zero-order valence-corrected chi connectivity index (χ0v) is 10.5. The van der Waals surface area contributed by atoms with Crippen molar-refractivity contribution in [3.05, 3.63) is 0 Å². The summed E-state index contributed by atoms with van der Waals surface area (Å²) >= 11 is 0. The van der Waals surface area contributed by atoms with Gasteiger partial charge in [0.05, 0.1) is 0 Å². The first-order valence-electron chi connectivity index (χ1n) is 6.32. The molecule has 0 aromatic carbocycles. The van der Waals surface area contributed by atoms with Crippen LogP contribution in [0.15, 0.2) is 0 Å². The predicted octanol–water partition coefficient (Wildman–Crippen LogP) is 2.67. The van der Waals surface area contributed by atoms with Gasteiger partial charge in [-0.05, 0) is 24.8 Å². The lowest BCUT2D eigenvalue weighted by atomic mass is 9.80. The first-order valence-corrected chi connectivity index (χ1v) is 6.32. The Labute approximate surface area is 105 Å². The van der Waals surface area contributed by atoms with Gasteiger partial charge in [-0.15, -0.1) is 0 Å². The summed E-state index contributed by atoms with van der Waals surface area (Å²) in [5, 5.41) is 11.2. The second kappa shape index (κ2) is 6.41. The lowest BCUT2D eigenvalue weighted by Gasteiger charge is -2.29. The average Bonchev–Trinajstić information content (AvgIpc) is 2.24. The molecule has 1 saturated carbocycles. The van der Waals surface area contributed by atoms with Crippen molar-refractivity contribution in [2.75, 3.05) is 13.1 Å². The SMILES string of the molecule is CC1CCCCC1CNCC(C(=O)O)C(F)(F)F. The topological polar surface area (TPSA) is 49.3 Å². The molecule has 0 saturated heterocycles. The molecule has 0 radical (unpaired) electrons. The van der Waals surface area contributed by atoms with Crippen molar-refractivity contribution in [2.24, 2.45) is 17.8 Å². The van der Waals surface area contributed by atoms with Crippen LogP contribution in [0.2, 0.25) is 0 Å². The molecule has 18 heavy (non-hydrogen) atoms. The number of nitrogens with one attached hydrogen (secondary N) is 1. The van der Waals surface area contributed by atoms with E-state index in [0.717, 1.165) is 19.3 Å². The Morgan fingerprint density at radius 3 is 2.50 bits per heavy atom. The minimum absolute atomic E-state index is 0.362. The molecule has 0 bridgehead atoms. The van der Waals surface area contributed by atoms with E-state index in [9.17, 15) is 18.0 Å².